The van der Waals surface area contributed by atoms with Crippen LogP contribution in [0.25, 0.3) is 0 Å². The van der Waals surface area contributed by atoms with Crippen molar-refractivity contribution in [3.8, 4) is 0 Å². The highest BCUT2D eigenvalue weighted by atomic mass is 19.4. The van der Waals surface area contributed by atoms with Gasteiger partial charge in [-0.25, -0.2) is 18.0 Å². The number of hydrogen-bond acceptors (Lipinski definition) is 2. The molecule has 2 nitrogen and oxygen atoms in total. The summed E-state index contributed by atoms with van der Waals surface area (Å²) in [6.45, 7) is -2.91. The summed E-state index contributed by atoms with van der Waals surface area (Å²) in [5.74, 6) is -71.2. The van der Waals surface area contributed by atoms with Crippen molar-refractivity contribution in [3.05, 3.63) is 12.2 Å². The van der Waals surface area contributed by atoms with Gasteiger partial charge in [0.25, 0.3) is 0 Å². The molecule has 0 radical (unpaired) electrons. The van der Waals surface area contributed by atoms with Gasteiger partial charge in [0.1, 0.15) is 5.57 Å². The Labute approximate surface area is 200 Å². The molecule has 0 heterocycles. The van der Waals surface area contributed by atoms with E-state index in [1.807, 2.05) is 0 Å². The molecule has 0 N–H and O–H groups in total. The van der Waals surface area contributed by atoms with E-state index in [-0.39, 0.29) is 0 Å². The lowest BCUT2D eigenvalue weighted by atomic mass is 9.92. The van der Waals surface area contributed by atoms with Crippen LogP contribution in [0.5, 0.6) is 0 Å². The Morgan fingerprint density at radius 3 is 1.31 bits per heavy atom. The smallest absolute Gasteiger partial charge is 0.384 e. The van der Waals surface area contributed by atoms with Crippen LogP contribution in [0.3, 0.4) is 0 Å². The standard InChI is InChI=1S/C16H9F21O2/c1-4(9(22,23)13(30,31)14(32,33)10(24,25)5(2)17)6(38)39-3-8(20,21)12(28,29)16(36,37)15(34,35)11(26,27)7(18)19/h5,7H,1,3H2,2H3. The third kappa shape index (κ3) is 5.17. The van der Waals surface area contributed by atoms with Gasteiger partial charge < -0.3 is 4.74 Å². The van der Waals surface area contributed by atoms with Crippen molar-refractivity contribution in [2.45, 2.75) is 72.8 Å². The Morgan fingerprint density at radius 1 is 0.615 bits per heavy atom. The van der Waals surface area contributed by atoms with Crippen LogP contribution in [0.15, 0.2) is 12.2 Å². The lowest BCUT2D eigenvalue weighted by Crippen LogP contribution is -2.69. The van der Waals surface area contributed by atoms with E-state index < -0.39 is 91.0 Å². The molecule has 1 atom stereocenters. The van der Waals surface area contributed by atoms with Crippen LogP contribution in [0.4, 0.5) is 92.2 Å². The van der Waals surface area contributed by atoms with Crippen molar-refractivity contribution >= 4 is 5.97 Å². The Balaban J connectivity index is 6.20. The molecule has 0 aromatic heterocycles. The fourth-order valence-corrected chi connectivity index (χ4v) is 2.08. The quantitative estimate of drug-likeness (QED) is 0.120. The second kappa shape index (κ2) is 9.98. The van der Waals surface area contributed by atoms with Gasteiger partial charge in [0.15, 0.2) is 12.8 Å². The molecule has 0 aliphatic heterocycles. The van der Waals surface area contributed by atoms with Crippen LogP contribution in [-0.4, -0.2) is 78.5 Å². The van der Waals surface area contributed by atoms with Gasteiger partial charge in [-0.1, -0.05) is 6.58 Å². The lowest BCUT2D eigenvalue weighted by Gasteiger charge is -2.39. The van der Waals surface area contributed by atoms with Gasteiger partial charge in [-0.2, -0.15) is 79.0 Å². The zero-order valence-electron chi connectivity index (χ0n) is 17.8. The average molecular weight is 632 g/mol. The summed E-state index contributed by atoms with van der Waals surface area (Å²) >= 11 is 0. The number of ether oxygens (including phenoxy) is 1. The number of halogens is 21. The molecule has 0 amide bonds. The summed E-state index contributed by atoms with van der Waals surface area (Å²) in [6, 6.07) is 0. The van der Waals surface area contributed by atoms with Crippen molar-refractivity contribution in [3.63, 3.8) is 0 Å². The minimum absolute atomic E-state index is 0.538. The van der Waals surface area contributed by atoms with E-state index in [2.05, 4.69) is 4.74 Å². The summed E-state index contributed by atoms with van der Waals surface area (Å²) in [7, 11) is 0. The maximum absolute atomic E-state index is 13.7. The van der Waals surface area contributed by atoms with E-state index in [0.717, 1.165) is 0 Å². The van der Waals surface area contributed by atoms with Crippen LogP contribution in [0, 0.1) is 0 Å². The third-order valence-corrected chi connectivity index (χ3v) is 4.66. The van der Waals surface area contributed by atoms with Crippen LogP contribution in [-0.2, 0) is 9.53 Å². The first kappa shape index (κ1) is 36.7. The van der Waals surface area contributed by atoms with E-state index in [1.54, 1.807) is 6.58 Å². The summed E-state index contributed by atoms with van der Waals surface area (Å²) < 4.78 is 279. The first-order valence-electron chi connectivity index (χ1n) is 8.87. The second-order valence-electron chi connectivity index (χ2n) is 7.37. The Bertz CT molecular complexity index is 919. The fraction of sp³-hybridized carbons (Fsp3) is 0.812. The topological polar surface area (TPSA) is 26.3 Å². The van der Waals surface area contributed by atoms with Crippen molar-refractivity contribution in [1.29, 1.82) is 0 Å². The zero-order valence-corrected chi connectivity index (χ0v) is 17.8. The van der Waals surface area contributed by atoms with Gasteiger partial charge in [-0.15, -0.1) is 0 Å². The molecule has 0 bridgehead atoms. The summed E-state index contributed by atoms with van der Waals surface area (Å²) in [5, 5.41) is 0. The summed E-state index contributed by atoms with van der Waals surface area (Å²) in [6.07, 6.45) is -10.2. The molecule has 39 heavy (non-hydrogen) atoms. The highest BCUT2D eigenvalue weighted by Crippen LogP contribution is 2.59. The number of hydrogen-bond donors (Lipinski definition) is 0. The minimum atomic E-state index is -8.18. The molecule has 0 rings (SSSR count). The van der Waals surface area contributed by atoms with E-state index in [0.29, 0.717) is 0 Å². The third-order valence-electron chi connectivity index (χ3n) is 4.66. The van der Waals surface area contributed by atoms with Gasteiger partial charge in [-0.05, 0) is 6.92 Å². The molecule has 0 fully saturated rings. The lowest BCUT2D eigenvalue weighted by molar-refractivity contribution is -0.414. The maximum Gasteiger partial charge on any atom is 0.384 e. The average Bonchev–Trinajstić information content (AvgIpc) is 2.75. The van der Waals surface area contributed by atoms with Gasteiger partial charge in [-0.3, -0.25) is 0 Å². The predicted molar refractivity (Wildman–Crippen MR) is 81.2 cm³/mol. The van der Waals surface area contributed by atoms with E-state index in [4.69, 9.17) is 0 Å². The summed E-state index contributed by atoms with van der Waals surface area (Å²) in [5.41, 5.74) is -3.59. The van der Waals surface area contributed by atoms with Crippen molar-refractivity contribution in [2.75, 3.05) is 6.61 Å². The molecule has 0 aliphatic carbocycles. The molecule has 0 saturated carbocycles. The normalized spacial score (nSPS) is 16.4. The number of carbonyl (C=O) groups excluding carboxylic acids is 1. The fourth-order valence-electron chi connectivity index (χ4n) is 2.08. The first-order valence-corrected chi connectivity index (χ1v) is 8.87. The van der Waals surface area contributed by atoms with Crippen LogP contribution >= 0.6 is 0 Å². The molecule has 0 aliphatic rings. The van der Waals surface area contributed by atoms with E-state index in [9.17, 15) is 97.0 Å². The number of rotatable bonds is 13. The number of carbonyl (C=O) groups is 1. The van der Waals surface area contributed by atoms with Crippen LogP contribution in [0.1, 0.15) is 6.92 Å². The zero-order chi connectivity index (χ0) is 32.2. The monoisotopic (exact) mass is 632 g/mol. The Kier molecular flexibility index (Phi) is 9.40. The van der Waals surface area contributed by atoms with Gasteiger partial charge in [0, 0.05) is 0 Å². The van der Waals surface area contributed by atoms with Crippen molar-refractivity contribution < 1.29 is 102 Å². The second-order valence-corrected chi connectivity index (χ2v) is 7.37. The van der Waals surface area contributed by atoms with Crippen LogP contribution in [0.2, 0.25) is 0 Å². The molecule has 232 valence electrons. The molecule has 0 saturated heterocycles. The van der Waals surface area contributed by atoms with Crippen molar-refractivity contribution in [1.82, 2.24) is 0 Å². The molecular formula is C16H9F21O2. The van der Waals surface area contributed by atoms with Crippen LogP contribution < -0.4 is 0 Å². The molecule has 1 unspecified atom stereocenters. The van der Waals surface area contributed by atoms with Gasteiger partial charge in [0.2, 0.25) is 0 Å². The number of alkyl halides is 21. The summed E-state index contributed by atoms with van der Waals surface area (Å²) in [4.78, 5) is 11.2. The predicted octanol–water partition coefficient (Wildman–Crippen LogP) is 7.43. The van der Waals surface area contributed by atoms with Gasteiger partial charge >= 0.3 is 65.7 Å². The Morgan fingerprint density at radius 2 is 0.974 bits per heavy atom. The molecule has 0 spiro atoms. The number of esters is 1. The SMILES string of the molecule is C=C(C(=O)OCC(F)(F)C(F)(F)C(F)(F)C(F)(F)C(F)(F)C(F)F)C(F)(F)C(F)(F)C(F)(F)C(F)(F)C(C)F. The largest absolute Gasteiger partial charge is 0.456 e. The molecule has 0 aromatic rings. The Hall–Kier alpha value is -2.26. The highest BCUT2D eigenvalue weighted by Gasteiger charge is 2.88. The molecular weight excluding hydrogens is 623 g/mol. The van der Waals surface area contributed by atoms with E-state index >= 15 is 0 Å². The molecule has 23 heteroatoms. The maximum atomic E-state index is 13.7. The van der Waals surface area contributed by atoms with Gasteiger partial charge in [0.05, 0.1) is 0 Å². The first-order chi connectivity index (χ1) is 16.7. The molecule has 0 aromatic carbocycles. The minimum Gasteiger partial charge on any atom is -0.456 e. The highest BCUT2D eigenvalue weighted by molar-refractivity contribution is 5.90. The van der Waals surface area contributed by atoms with E-state index in [1.165, 1.54) is 0 Å². The van der Waals surface area contributed by atoms with Crippen molar-refractivity contribution in [2.24, 2.45) is 0 Å².